The molecule has 20 heavy (non-hydrogen) atoms. The number of nitrogens with zero attached hydrogens (tertiary/aromatic N) is 4. The number of hydrogen-bond acceptors (Lipinski definition) is 4. The third-order valence-corrected chi connectivity index (χ3v) is 2.94. The lowest BCUT2D eigenvalue weighted by atomic mass is 10.2. The quantitative estimate of drug-likeness (QED) is 0.785. The van der Waals surface area contributed by atoms with E-state index in [4.69, 9.17) is 5.26 Å². The maximum Gasteiger partial charge on any atom is 0.456 e. The van der Waals surface area contributed by atoms with E-state index in [-0.39, 0.29) is 0 Å². The molecule has 0 unspecified atom stereocenters. The molecule has 0 bridgehead atoms. The van der Waals surface area contributed by atoms with E-state index >= 15 is 0 Å². The minimum absolute atomic E-state index is 0.359. The standard InChI is InChI=1S/C11H4BrF3N4O/c12-7-3-6(4-16)1-2-9(7)19-5-8(17-18-19)10(20)11(13,14)15/h1-3,5H. The molecule has 2 rings (SSSR count). The first kappa shape index (κ1) is 14.2. The summed E-state index contributed by atoms with van der Waals surface area (Å²) in [6, 6.07) is 6.32. The number of ketones is 1. The molecule has 0 amide bonds. The first-order valence-electron chi connectivity index (χ1n) is 5.07. The Balaban J connectivity index is 2.39. The largest absolute Gasteiger partial charge is 0.456 e. The first-order valence-corrected chi connectivity index (χ1v) is 5.86. The number of carbonyl (C=O) groups excluding carboxylic acids is 1. The molecule has 1 aromatic heterocycles. The number of nitriles is 1. The van der Waals surface area contributed by atoms with Crippen LogP contribution in [0.5, 0.6) is 0 Å². The molecule has 0 saturated carbocycles. The highest BCUT2D eigenvalue weighted by molar-refractivity contribution is 9.10. The van der Waals surface area contributed by atoms with Gasteiger partial charge in [0.15, 0.2) is 5.69 Å². The number of aromatic nitrogens is 3. The van der Waals surface area contributed by atoms with Gasteiger partial charge in [0.2, 0.25) is 0 Å². The fourth-order valence-electron chi connectivity index (χ4n) is 1.39. The molecule has 9 heteroatoms. The van der Waals surface area contributed by atoms with E-state index in [0.29, 0.717) is 15.7 Å². The number of hydrogen-bond donors (Lipinski definition) is 0. The minimum atomic E-state index is -5.00. The zero-order valence-corrected chi connectivity index (χ0v) is 11.1. The summed E-state index contributed by atoms with van der Waals surface area (Å²) in [6.45, 7) is 0. The van der Waals surface area contributed by atoms with Crippen LogP contribution in [0.4, 0.5) is 13.2 Å². The number of Topliss-reactive ketones (excluding diaryl/α,β-unsaturated/α-hetero) is 1. The van der Waals surface area contributed by atoms with Gasteiger partial charge in [0.1, 0.15) is 0 Å². The summed E-state index contributed by atoms with van der Waals surface area (Å²) in [4.78, 5) is 11.0. The molecule has 5 nitrogen and oxygen atoms in total. The average Bonchev–Trinajstić information content (AvgIpc) is 2.85. The van der Waals surface area contributed by atoms with E-state index in [2.05, 4.69) is 26.2 Å². The van der Waals surface area contributed by atoms with Crippen LogP contribution >= 0.6 is 15.9 Å². The molecular weight excluding hydrogens is 341 g/mol. The Kier molecular flexibility index (Phi) is 3.59. The summed E-state index contributed by atoms with van der Waals surface area (Å²) < 4.78 is 38.2. The Morgan fingerprint density at radius 3 is 2.65 bits per heavy atom. The van der Waals surface area contributed by atoms with Crippen LogP contribution in [0, 0.1) is 11.3 Å². The van der Waals surface area contributed by atoms with Gasteiger partial charge in [-0.2, -0.15) is 18.4 Å². The van der Waals surface area contributed by atoms with Gasteiger partial charge >= 0.3 is 6.18 Å². The fraction of sp³-hybridized carbons (Fsp3) is 0.0909. The van der Waals surface area contributed by atoms with Gasteiger partial charge in [-0.15, -0.1) is 5.10 Å². The summed E-state index contributed by atoms with van der Waals surface area (Å²) in [5.74, 6) is -2.06. The van der Waals surface area contributed by atoms with Gasteiger partial charge in [0, 0.05) is 4.47 Å². The molecule has 0 atom stereocenters. The molecule has 0 radical (unpaired) electrons. The second kappa shape index (κ2) is 5.05. The van der Waals surface area contributed by atoms with Crippen LogP contribution in [0.2, 0.25) is 0 Å². The van der Waals surface area contributed by atoms with Crippen molar-refractivity contribution in [2.75, 3.05) is 0 Å². The lowest BCUT2D eigenvalue weighted by Gasteiger charge is -2.03. The van der Waals surface area contributed by atoms with Crippen molar-refractivity contribution in [1.29, 1.82) is 5.26 Å². The lowest BCUT2D eigenvalue weighted by Crippen LogP contribution is -2.23. The second-order valence-electron chi connectivity index (χ2n) is 3.65. The van der Waals surface area contributed by atoms with Crippen LogP contribution in [0.1, 0.15) is 16.1 Å². The van der Waals surface area contributed by atoms with Crippen LogP contribution in [0.15, 0.2) is 28.9 Å². The number of rotatable bonds is 2. The van der Waals surface area contributed by atoms with Gasteiger partial charge in [-0.1, -0.05) is 5.21 Å². The molecule has 2 aromatic rings. The first-order chi connectivity index (χ1) is 9.32. The Morgan fingerprint density at radius 1 is 1.40 bits per heavy atom. The highest BCUT2D eigenvalue weighted by atomic mass is 79.9. The summed E-state index contributed by atoms with van der Waals surface area (Å²) >= 11 is 3.16. The van der Waals surface area contributed by atoms with E-state index < -0.39 is 17.7 Å². The van der Waals surface area contributed by atoms with Crippen molar-refractivity contribution in [3.8, 4) is 11.8 Å². The van der Waals surface area contributed by atoms with Gasteiger partial charge in [0.05, 0.1) is 23.5 Å². The van der Waals surface area contributed by atoms with E-state index in [1.807, 2.05) is 6.07 Å². The smallest absolute Gasteiger partial charge is 0.282 e. The maximum absolute atomic E-state index is 12.3. The van der Waals surface area contributed by atoms with Crippen LogP contribution in [-0.2, 0) is 0 Å². The van der Waals surface area contributed by atoms with Crippen LogP contribution in [0.25, 0.3) is 5.69 Å². The predicted molar refractivity (Wildman–Crippen MR) is 64.2 cm³/mol. The topological polar surface area (TPSA) is 71.6 Å². The number of benzene rings is 1. The predicted octanol–water partition coefficient (Wildman–Crippen LogP) is 2.65. The van der Waals surface area contributed by atoms with E-state index in [9.17, 15) is 18.0 Å². The average molecular weight is 345 g/mol. The zero-order valence-electron chi connectivity index (χ0n) is 9.52. The summed E-state index contributed by atoms with van der Waals surface area (Å²) in [5.41, 5.74) is -0.0705. The normalized spacial score (nSPS) is 11.2. The van der Waals surface area contributed by atoms with Crippen molar-refractivity contribution in [2.24, 2.45) is 0 Å². The lowest BCUT2D eigenvalue weighted by molar-refractivity contribution is -0.0888. The van der Waals surface area contributed by atoms with Crippen molar-refractivity contribution in [3.63, 3.8) is 0 Å². The number of alkyl halides is 3. The Morgan fingerprint density at radius 2 is 2.10 bits per heavy atom. The van der Waals surface area contributed by atoms with E-state index in [1.54, 1.807) is 0 Å². The van der Waals surface area contributed by atoms with Gasteiger partial charge in [-0.3, -0.25) is 4.79 Å². The maximum atomic E-state index is 12.3. The number of halogens is 4. The van der Waals surface area contributed by atoms with Gasteiger partial charge in [-0.05, 0) is 34.1 Å². The summed E-state index contributed by atoms with van der Waals surface area (Å²) in [6.07, 6.45) is -4.12. The van der Waals surface area contributed by atoms with E-state index in [0.717, 1.165) is 10.9 Å². The SMILES string of the molecule is N#Cc1ccc(-n2cc(C(=O)C(F)(F)F)nn2)c(Br)c1. The van der Waals surface area contributed by atoms with Crippen LogP contribution < -0.4 is 0 Å². The van der Waals surface area contributed by atoms with Crippen LogP contribution in [0.3, 0.4) is 0 Å². The van der Waals surface area contributed by atoms with Crippen molar-refractivity contribution in [1.82, 2.24) is 15.0 Å². The Labute approximate surface area is 118 Å². The van der Waals surface area contributed by atoms with Crippen molar-refractivity contribution < 1.29 is 18.0 Å². The molecule has 0 saturated heterocycles. The van der Waals surface area contributed by atoms with Gasteiger partial charge in [0.25, 0.3) is 5.78 Å². The molecule has 0 N–H and O–H groups in total. The summed E-state index contributed by atoms with van der Waals surface area (Å²) in [5, 5.41) is 15.4. The highest BCUT2D eigenvalue weighted by Crippen LogP contribution is 2.24. The van der Waals surface area contributed by atoms with Gasteiger partial charge < -0.3 is 0 Å². The number of carbonyl (C=O) groups is 1. The summed E-state index contributed by atoms with van der Waals surface area (Å²) in [7, 11) is 0. The highest BCUT2D eigenvalue weighted by Gasteiger charge is 2.41. The molecule has 0 aliphatic heterocycles. The Bertz CT molecular complexity index is 717. The molecule has 0 spiro atoms. The monoisotopic (exact) mass is 344 g/mol. The molecule has 0 aliphatic carbocycles. The molecule has 0 fully saturated rings. The molecular formula is C11H4BrF3N4O. The van der Waals surface area contributed by atoms with E-state index in [1.165, 1.54) is 18.2 Å². The second-order valence-corrected chi connectivity index (χ2v) is 4.51. The molecule has 1 heterocycles. The minimum Gasteiger partial charge on any atom is -0.282 e. The Hall–Kier alpha value is -2.21. The molecule has 102 valence electrons. The van der Waals surface area contributed by atoms with Gasteiger partial charge in [-0.25, -0.2) is 4.68 Å². The fourth-order valence-corrected chi connectivity index (χ4v) is 1.95. The van der Waals surface area contributed by atoms with Crippen molar-refractivity contribution in [3.05, 3.63) is 40.1 Å². The third-order valence-electron chi connectivity index (χ3n) is 2.31. The molecule has 1 aromatic carbocycles. The third kappa shape index (κ3) is 2.70. The van der Waals surface area contributed by atoms with Crippen molar-refractivity contribution in [2.45, 2.75) is 6.18 Å². The van der Waals surface area contributed by atoms with Crippen molar-refractivity contribution >= 4 is 21.7 Å². The van der Waals surface area contributed by atoms with Crippen LogP contribution in [-0.4, -0.2) is 27.0 Å². The zero-order chi connectivity index (χ0) is 14.9. The molecule has 0 aliphatic rings.